The third-order valence-electron chi connectivity index (χ3n) is 11.5. The number of anilines is 1. The van der Waals surface area contributed by atoms with Crippen LogP contribution in [0, 0.1) is 17.5 Å². The number of amides is 1. The molecule has 2 bridgehead atoms. The summed E-state index contributed by atoms with van der Waals surface area (Å²) in [6.07, 6.45) is 1.89. The summed E-state index contributed by atoms with van der Waals surface area (Å²) in [5.74, 6) is -2.82. The van der Waals surface area contributed by atoms with Crippen LogP contribution in [0.3, 0.4) is 0 Å². The van der Waals surface area contributed by atoms with Crippen LogP contribution >= 0.6 is 11.6 Å². The van der Waals surface area contributed by atoms with Gasteiger partial charge in [0.1, 0.15) is 35.5 Å². The minimum Gasteiger partial charge on any atom is -0.464 e. The topological polar surface area (TPSA) is 89.5 Å². The number of methoxy groups -OCH3 is 1. The normalized spacial score (nSPS) is 25.3. The van der Waals surface area contributed by atoms with Crippen LogP contribution in [0.2, 0.25) is 5.02 Å². The maximum atomic E-state index is 17.3. The summed E-state index contributed by atoms with van der Waals surface area (Å²) >= 11 is 6.59. The lowest BCUT2D eigenvalue weighted by molar-refractivity contribution is -0.00281. The van der Waals surface area contributed by atoms with Gasteiger partial charge in [-0.2, -0.15) is 9.97 Å². The fraction of sp³-hybridized carbons (Fsp3) is 0.525. The van der Waals surface area contributed by atoms with Crippen molar-refractivity contribution < 1.29 is 41.3 Å². The van der Waals surface area contributed by atoms with E-state index in [4.69, 9.17) is 35.5 Å². The van der Waals surface area contributed by atoms with Crippen LogP contribution in [0.4, 0.5) is 28.2 Å². The van der Waals surface area contributed by atoms with Gasteiger partial charge in [-0.15, -0.1) is 0 Å². The molecule has 4 aliphatic rings. The molecule has 4 aromatic rings. The van der Waals surface area contributed by atoms with Crippen molar-refractivity contribution in [2.24, 2.45) is 0 Å². The molecule has 0 saturated carbocycles. The second-order valence-corrected chi connectivity index (χ2v) is 16.9. The maximum absolute atomic E-state index is 17.3. The lowest BCUT2D eigenvalue weighted by Crippen LogP contribution is -2.63. The van der Waals surface area contributed by atoms with Crippen molar-refractivity contribution in [3.8, 4) is 22.9 Å². The monoisotopic (exact) mass is 785 g/mol. The largest absolute Gasteiger partial charge is 0.464 e. The number of piperazine rings is 1. The summed E-state index contributed by atoms with van der Waals surface area (Å²) < 4.78 is 86.9. The number of fused-ring (bicyclic) bond motifs is 5. The molecule has 0 radical (unpaired) electrons. The number of carbonyl (C=O) groups excluding carboxylic acids is 1. The molecule has 3 aromatic carbocycles. The van der Waals surface area contributed by atoms with Gasteiger partial charge in [-0.3, -0.25) is 9.80 Å². The van der Waals surface area contributed by atoms with E-state index in [-0.39, 0.29) is 69.3 Å². The first-order chi connectivity index (χ1) is 26.1. The van der Waals surface area contributed by atoms with Crippen molar-refractivity contribution >= 4 is 45.2 Å². The van der Waals surface area contributed by atoms with Crippen molar-refractivity contribution in [3.05, 3.63) is 52.8 Å². The van der Waals surface area contributed by atoms with Crippen LogP contribution in [0.5, 0.6) is 11.8 Å². The molecule has 15 heteroatoms. The zero-order chi connectivity index (χ0) is 39.0. The quantitative estimate of drug-likeness (QED) is 0.129. The molecule has 4 fully saturated rings. The number of alkyl halides is 1. The predicted molar refractivity (Wildman–Crippen MR) is 200 cm³/mol. The molecule has 4 atom stereocenters. The molecule has 8 rings (SSSR count). The van der Waals surface area contributed by atoms with Crippen LogP contribution in [0.15, 0.2) is 30.3 Å². The molecule has 0 unspecified atom stereocenters. The number of ether oxygens (including phenoxy) is 4. The highest BCUT2D eigenvalue weighted by Gasteiger charge is 2.53. The Morgan fingerprint density at radius 1 is 1.05 bits per heavy atom. The van der Waals surface area contributed by atoms with Crippen molar-refractivity contribution in [2.75, 3.05) is 51.6 Å². The number of aromatic nitrogens is 2. The minimum absolute atomic E-state index is 0.00270. The van der Waals surface area contributed by atoms with Crippen LogP contribution in [-0.4, -0.2) is 101 Å². The maximum Gasteiger partial charge on any atom is 0.411 e. The smallest absolute Gasteiger partial charge is 0.411 e. The second-order valence-electron chi connectivity index (χ2n) is 16.5. The van der Waals surface area contributed by atoms with E-state index >= 15 is 13.2 Å². The van der Waals surface area contributed by atoms with Gasteiger partial charge >= 0.3 is 12.1 Å². The van der Waals surface area contributed by atoms with Gasteiger partial charge in [-0.25, -0.2) is 22.4 Å². The standard InChI is InChI=1S/C40H44ClF4N5O5/c1-38(2,3)55-37(51)50-23-10-12-39(50,4)19-48(18-23)35-26-14-28(43)31(25-15-29(54-21-52-5)32(44)24-8-6-9-27(41)30(24)25)33(45)34(26)46-36(47-35)53-20-40-11-7-13-49(40)17-22(42)16-40/h6,8-9,14-15,22-23H,7,10-13,16-21H2,1-5H3/t22-,23-,39+,40+/m1/s1. The number of hydrogen-bond donors (Lipinski definition) is 0. The van der Waals surface area contributed by atoms with Gasteiger partial charge in [0.15, 0.2) is 24.2 Å². The summed E-state index contributed by atoms with van der Waals surface area (Å²) in [6, 6.07) is 6.44. The van der Waals surface area contributed by atoms with Crippen LogP contribution in [-0.2, 0) is 9.47 Å². The number of carbonyl (C=O) groups is 1. The third-order valence-corrected chi connectivity index (χ3v) is 11.8. The summed E-state index contributed by atoms with van der Waals surface area (Å²) in [5.41, 5.74) is -2.70. The van der Waals surface area contributed by atoms with E-state index in [9.17, 15) is 9.18 Å². The van der Waals surface area contributed by atoms with E-state index in [0.717, 1.165) is 19.4 Å². The average molecular weight is 786 g/mol. The van der Waals surface area contributed by atoms with Gasteiger partial charge in [-0.05, 0) is 78.1 Å². The molecule has 5 heterocycles. The average Bonchev–Trinajstić information content (AvgIpc) is 3.71. The van der Waals surface area contributed by atoms with Gasteiger partial charge in [0, 0.05) is 59.9 Å². The molecule has 0 aliphatic carbocycles. The van der Waals surface area contributed by atoms with Gasteiger partial charge < -0.3 is 23.8 Å². The third kappa shape index (κ3) is 6.57. The van der Waals surface area contributed by atoms with Gasteiger partial charge in [0.05, 0.1) is 22.7 Å². The Kier molecular flexibility index (Phi) is 9.48. The lowest BCUT2D eigenvalue weighted by Gasteiger charge is -2.47. The summed E-state index contributed by atoms with van der Waals surface area (Å²) in [5, 5.41) is 0.237. The Labute approximate surface area is 321 Å². The fourth-order valence-electron chi connectivity index (χ4n) is 9.23. The highest BCUT2D eigenvalue weighted by atomic mass is 35.5. The summed E-state index contributed by atoms with van der Waals surface area (Å²) in [7, 11) is 1.37. The number of halogens is 5. The van der Waals surface area contributed by atoms with Crippen molar-refractivity contribution in [2.45, 2.75) is 88.7 Å². The number of benzene rings is 3. The Bertz CT molecular complexity index is 2190. The Balaban J connectivity index is 1.27. The minimum atomic E-state index is -1.04. The van der Waals surface area contributed by atoms with Gasteiger partial charge in [-0.1, -0.05) is 23.7 Å². The molecule has 4 aliphatic heterocycles. The lowest BCUT2D eigenvalue weighted by atomic mass is 9.94. The van der Waals surface area contributed by atoms with E-state index < -0.39 is 52.0 Å². The zero-order valence-corrected chi connectivity index (χ0v) is 32.2. The summed E-state index contributed by atoms with van der Waals surface area (Å²) in [6.45, 7) is 8.85. The molecule has 55 heavy (non-hydrogen) atoms. The zero-order valence-electron chi connectivity index (χ0n) is 31.5. The predicted octanol–water partition coefficient (Wildman–Crippen LogP) is 8.44. The highest BCUT2D eigenvalue weighted by molar-refractivity contribution is 6.36. The number of rotatable bonds is 8. The Morgan fingerprint density at radius 2 is 1.85 bits per heavy atom. The number of nitrogens with zero attached hydrogens (tertiary/aromatic N) is 5. The Hall–Kier alpha value is -4.14. The molecule has 10 nitrogen and oxygen atoms in total. The molecule has 0 spiro atoms. The van der Waals surface area contributed by atoms with E-state index in [0.29, 0.717) is 38.9 Å². The molecular weight excluding hydrogens is 742 g/mol. The molecule has 0 N–H and O–H groups in total. The highest BCUT2D eigenvalue weighted by Crippen LogP contribution is 2.46. The van der Waals surface area contributed by atoms with Gasteiger partial charge in [0.25, 0.3) is 0 Å². The molecule has 1 aromatic heterocycles. The van der Waals surface area contributed by atoms with Crippen LogP contribution in [0.25, 0.3) is 32.8 Å². The van der Waals surface area contributed by atoms with Gasteiger partial charge in [0.2, 0.25) is 0 Å². The fourth-order valence-corrected chi connectivity index (χ4v) is 9.51. The first kappa shape index (κ1) is 37.8. The van der Waals surface area contributed by atoms with E-state index in [2.05, 4.69) is 9.88 Å². The summed E-state index contributed by atoms with van der Waals surface area (Å²) in [4.78, 5) is 28.6. The van der Waals surface area contributed by atoms with E-state index in [1.165, 1.54) is 37.4 Å². The first-order valence-electron chi connectivity index (χ1n) is 18.6. The van der Waals surface area contributed by atoms with Crippen LogP contribution in [0.1, 0.15) is 59.8 Å². The molecular formula is C40H44ClF4N5O5. The number of hydrogen-bond acceptors (Lipinski definition) is 9. The van der Waals surface area contributed by atoms with Crippen molar-refractivity contribution in [3.63, 3.8) is 0 Å². The van der Waals surface area contributed by atoms with Crippen molar-refractivity contribution in [1.82, 2.24) is 19.8 Å². The van der Waals surface area contributed by atoms with Crippen molar-refractivity contribution in [1.29, 1.82) is 0 Å². The SMILES string of the molecule is COCOc1cc(-c2c(F)cc3c(N4C[C@H]5CC[C@@](C)(C4)N5C(=O)OC(C)(C)C)nc(OC[C@@]45CCCN4C[C@H](F)C5)nc3c2F)c2c(Cl)cccc2c1F. The van der Waals surface area contributed by atoms with Crippen LogP contribution < -0.4 is 14.4 Å². The first-order valence-corrected chi connectivity index (χ1v) is 19.0. The molecule has 294 valence electrons. The second kappa shape index (κ2) is 13.8. The molecule has 4 saturated heterocycles. The molecule has 1 amide bonds. The van der Waals surface area contributed by atoms with E-state index in [1.54, 1.807) is 4.90 Å². The van der Waals surface area contributed by atoms with E-state index in [1.807, 2.05) is 32.6 Å². The Morgan fingerprint density at radius 3 is 2.60 bits per heavy atom.